The molecule has 0 radical (unpaired) electrons. The summed E-state index contributed by atoms with van der Waals surface area (Å²) in [5, 5.41) is 3.19. The summed E-state index contributed by atoms with van der Waals surface area (Å²) < 4.78 is 35.9. The lowest BCUT2D eigenvalue weighted by Crippen LogP contribution is -2.39. The Kier molecular flexibility index (Phi) is 6.20. The minimum absolute atomic E-state index is 0.337. The molecule has 2 nitrogen and oxygen atoms in total. The molecule has 0 bridgehead atoms. The van der Waals surface area contributed by atoms with Crippen LogP contribution in [0.3, 0.4) is 0 Å². The van der Waals surface area contributed by atoms with Gasteiger partial charge in [0.15, 0.2) is 0 Å². The molecular formula is C10H21F3N2. The SMILES string of the molecule is CC(C)C(C)NCCN(C)CC(F)(F)F. The molecule has 0 fully saturated rings. The van der Waals surface area contributed by atoms with Gasteiger partial charge in [0.2, 0.25) is 0 Å². The van der Waals surface area contributed by atoms with Gasteiger partial charge in [-0.05, 0) is 19.9 Å². The van der Waals surface area contributed by atoms with Crippen molar-refractivity contribution >= 4 is 0 Å². The molecule has 5 heteroatoms. The second kappa shape index (κ2) is 6.33. The van der Waals surface area contributed by atoms with E-state index in [2.05, 4.69) is 19.2 Å². The van der Waals surface area contributed by atoms with E-state index in [-0.39, 0.29) is 0 Å². The number of likely N-dealkylation sites (N-methyl/N-ethyl adjacent to an activating group) is 1. The summed E-state index contributed by atoms with van der Waals surface area (Å²) in [6, 6.07) is 0.337. The zero-order chi connectivity index (χ0) is 12.1. The quantitative estimate of drug-likeness (QED) is 0.746. The molecule has 0 aromatic carbocycles. The summed E-state index contributed by atoms with van der Waals surface area (Å²) in [6.07, 6.45) is -4.10. The molecule has 0 aromatic rings. The first-order valence-corrected chi connectivity index (χ1v) is 5.21. The van der Waals surface area contributed by atoms with E-state index in [0.29, 0.717) is 25.0 Å². The van der Waals surface area contributed by atoms with E-state index in [1.807, 2.05) is 6.92 Å². The summed E-state index contributed by atoms with van der Waals surface area (Å²) in [5.74, 6) is 0.498. The fourth-order valence-electron chi connectivity index (χ4n) is 1.10. The Bertz CT molecular complexity index is 169. The van der Waals surface area contributed by atoms with E-state index in [4.69, 9.17) is 0 Å². The van der Waals surface area contributed by atoms with Crippen molar-refractivity contribution in [2.75, 3.05) is 26.7 Å². The van der Waals surface area contributed by atoms with Gasteiger partial charge in [0, 0.05) is 19.1 Å². The van der Waals surface area contributed by atoms with Crippen molar-refractivity contribution in [2.24, 2.45) is 5.92 Å². The van der Waals surface area contributed by atoms with Crippen molar-refractivity contribution in [1.29, 1.82) is 0 Å². The predicted molar refractivity (Wildman–Crippen MR) is 55.9 cm³/mol. The summed E-state index contributed by atoms with van der Waals surface area (Å²) >= 11 is 0. The first kappa shape index (κ1) is 14.7. The number of halogens is 3. The summed E-state index contributed by atoms with van der Waals surface area (Å²) in [5.41, 5.74) is 0. The van der Waals surface area contributed by atoms with Crippen molar-refractivity contribution in [3.05, 3.63) is 0 Å². The van der Waals surface area contributed by atoms with E-state index in [1.165, 1.54) is 11.9 Å². The van der Waals surface area contributed by atoms with Gasteiger partial charge in [-0.2, -0.15) is 13.2 Å². The van der Waals surface area contributed by atoms with Crippen molar-refractivity contribution in [3.8, 4) is 0 Å². The molecule has 1 atom stereocenters. The summed E-state index contributed by atoms with van der Waals surface area (Å²) in [6.45, 7) is 6.36. The van der Waals surface area contributed by atoms with Gasteiger partial charge in [0.05, 0.1) is 6.54 Å². The second-order valence-electron chi connectivity index (χ2n) is 4.34. The van der Waals surface area contributed by atoms with Crippen LogP contribution in [-0.4, -0.2) is 43.8 Å². The molecule has 1 unspecified atom stereocenters. The van der Waals surface area contributed by atoms with Gasteiger partial charge in [-0.25, -0.2) is 0 Å². The highest BCUT2D eigenvalue weighted by Crippen LogP contribution is 2.15. The second-order valence-corrected chi connectivity index (χ2v) is 4.34. The monoisotopic (exact) mass is 226 g/mol. The Hall–Kier alpha value is -0.290. The highest BCUT2D eigenvalue weighted by Gasteiger charge is 2.28. The molecule has 0 spiro atoms. The first-order chi connectivity index (χ1) is 6.72. The van der Waals surface area contributed by atoms with Crippen LogP contribution in [0.2, 0.25) is 0 Å². The number of hydrogen-bond acceptors (Lipinski definition) is 2. The van der Waals surface area contributed by atoms with Crippen molar-refractivity contribution in [3.63, 3.8) is 0 Å². The van der Waals surface area contributed by atoms with E-state index in [1.54, 1.807) is 0 Å². The number of alkyl halides is 3. The Morgan fingerprint density at radius 3 is 2.13 bits per heavy atom. The number of rotatable bonds is 6. The normalized spacial score (nSPS) is 15.0. The molecule has 0 aliphatic rings. The van der Waals surface area contributed by atoms with Gasteiger partial charge >= 0.3 is 6.18 Å². The number of nitrogens with one attached hydrogen (secondary N) is 1. The van der Waals surface area contributed by atoms with Crippen LogP contribution in [0, 0.1) is 5.92 Å². The minimum Gasteiger partial charge on any atom is -0.313 e. The summed E-state index contributed by atoms with van der Waals surface area (Å²) in [7, 11) is 1.48. The van der Waals surface area contributed by atoms with Gasteiger partial charge in [0.25, 0.3) is 0 Å². The van der Waals surface area contributed by atoms with Gasteiger partial charge in [-0.3, -0.25) is 4.90 Å². The Labute approximate surface area is 89.8 Å². The zero-order valence-corrected chi connectivity index (χ0v) is 9.86. The maximum absolute atomic E-state index is 12.0. The average molecular weight is 226 g/mol. The molecule has 0 heterocycles. The molecule has 0 amide bonds. The zero-order valence-electron chi connectivity index (χ0n) is 9.86. The van der Waals surface area contributed by atoms with Crippen LogP contribution < -0.4 is 5.32 Å². The molecule has 92 valence electrons. The smallest absolute Gasteiger partial charge is 0.313 e. The highest BCUT2D eigenvalue weighted by molar-refractivity contribution is 4.66. The number of hydrogen-bond donors (Lipinski definition) is 1. The van der Waals surface area contributed by atoms with Crippen molar-refractivity contribution in [1.82, 2.24) is 10.2 Å². The maximum atomic E-state index is 12.0. The molecule has 0 aromatic heterocycles. The predicted octanol–water partition coefficient (Wildman–Crippen LogP) is 2.11. The van der Waals surface area contributed by atoms with E-state index in [9.17, 15) is 13.2 Å². The lowest BCUT2D eigenvalue weighted by Gasteiger charge is -2.22. The Morgan fingerprint density at radius 2 is 1.73 bits per heavy atom. The van der Waals surface area contributed by atoms with E-state index < -0.39 is 12.7 Å². The van der Waals surface area contributed by atoms with Crippen LogP contribution in [0.1, 0.15) is 20.8 Å². The van der Waals surface area contributed by atoms with Crippen molar-refractivity contribution in [2.45, 2.75) is 33.0 Å². The third-order valence-corrected chi connectivity index (χ3v) is 2.41. The molecular weight excluding hydrogens is 205 g/mol. The van der Waals surface area contributed by atoms with Crippen LogP contribution in [0.25, 0.3) is 0 Å². The van der Waals surface area contributed by atoms with Crippen LogP contribution in [0.4, 0.5) is 13.2 Å². The van der Waals surface area contributed by atoms with Crippen molar-refractivity contribution < 1.29 is 13.2 Å². The lowest BCUT2D eigenvalue weighted by molar-refractivity contribution is -0.142. The molecule has 0 aliphatic heterocycles. The fourth-order valence-corrected chi connectivity index (χ4v) is 1.10. The number of nitrogens with zero attached hydrogens (tertiary/aromatic N) is 1. The molecule has 0 saturated carbocycles. The Morgan fingerprint density at radius 1 is 1.20 bits per heavy atom. The molecule has 0 rings (SSSR count). The van der Waals surface area contributed by atoms with Crippen LogP contribution in [-0.2, 0) is 0 Å². The van der Waals surface area contributed by atoms with E-state index >= 15 is 0 Å². The van der Waals surface area contributed by atoms with Gasteiger partial charge < -0.3 is 5.32 Å². The van der Waals surface area contributed by atoms with Gasteiger partial charge in [0.1, 0.15) is 0 Å². The Balaban J connectivity index is 3.60. The van der Waals surface area contributed by atoms with Crippen LogP contribution in [0.15, 0.2) is 0 Å². The summed E-state index contributed by atoms with van der Waals surface area (Å²) in [4.78, 5) is 1.28. The molecule has 0 aliphatic carbocycles. The van der Waals surface area contributed by atoms with Crippen LogP contribution in [0.5, 0.6) is 0 Å². The largest absolute Gasteiger partial charge is 0.401 e. The fraction of sp³-hybridized carbons (Fsp3) is 1.00. The molecule has 0 saturated heterocycles. The third-order valence-electron chi connectivity index (χ3n) is 2.41. The third kappa shape index (κ3) is 8.69. The topological polar surface area (TPSA) is 15.3 Å². The lowest BCUT2D eigenvalue weighted by atomic mass is 10.1. The van der Waals surface area contributed by atoms with E-state index in [0.717, 1.165) is 0 Å². The molecule has 1 N–H and O–H groups in total. The van der Waals surface area contributed by atoms with Gasteiger partial charge in [-0.1, -0.05) is 13.8 Å². The average Bonchev–Trinajstić information content (AvgIpc) is 2.00. The molecule has 15 heavy (non-hydrogen) atoms. The van der Waals surface area contributed by atoms with Crippen LogP contribution >= 0.6 is 0 Å². The van der Waals surface area contributed by atoms with Gasteiger partial charge in [-0.15, -0.1) is 0 Å². The highest BCUT2D eigenvalue weighted by atomic mass is 19.4. The minimum atomic E-state index is -4.10. The first-order valence-electron chi connectivity index (χ1n) is 5.21. The standard InChI is InChI=1S/C10H21F3N2/c1-8(2)9(3)14-5-6-15(4)7-10(11,12)13/h8-9,14H,5-7H2,1-4H3. The maximum Gasteiger partial charge on any atom is 0.401 e.